The van der Waals surface area contributed by atoms with E-state index in [-0.39, 0.29) is 24.5 Å². The van der Waals surface area contributed by atoms with E-state index in [1.807, 2.05) is 31.2 Å². The predicted molar refractivity (Wildman–Crippen MR) is 96.9 cm³/mol. The minimum atomic E-state index is -0.789. The lowest BCUT2D eigenvalue weighted by atomic mass is 9.87. The van der Waals surface area contributed by atoms with Crippen LogP contribution in [0.2, 0.25) is 0 Å². The van der Waals surface area contributed by atoms with E-state index in [9.17, 15) is 9.90 Å². The third-order valence-electron chi connectivity index (χ3n) is 4.14. The Labute approximate surface area is 148 Å². The van der Waals surface area contributed by atoms with Gasteiger partial charge in [-0.3, -0.25) is 9.48 Å². The van der Waals surface area contributed by atoms with Gasteiger partial charge in [0.2, 0.25) is 0 Å². The van der Waals surface area contributed by atoms with Crippen molar-refractivity contribution in [2.24, 2.45) is 7.05 Å². The first-order valence-corrected chi connectivity index (χ1v) is 8.36. The number of benzene rings is 1. The molecule has 0 saturated heterocycles. The highest BCUT2D eigenvalue weighted by Crippen LogP contribution is 2.24. The summed E-state index contributed by atoms with van der Waals surface area (Å²) in [6, 6.07) is 7.83. The first-order valence-electron chi connectivity index (χ1n) is 8.36. The SMILES string of the molecule is Cc1c(C(=O)NC[C@@H](O)COc2ccc(C(C)(C)C)cc2)cnn1C. The van der Waals surface area contributed by atoms with Gasteiger partial charge < -0.3 is 15.2 Å². The van der Waals surface area contributed by atoms with Gasteiger partial charge in [-0.05, 0) is 30.0 Å². The smallest absolute Gasteiger partial charge is 0.254 e. The van der Waals surface area contributed by atoms with Crippen LogP contribution in [0.15, 0.2) is 30.5 Å². The summed E-state index contributed by atoms with van der Waals surface area (Å²) >= 11 is 0. The van der Waals surface area contributed by atoms with Gasteiger partial charge in [0.05, 0.1) is 11.8 Å². The van der Waals surface area contributed by atoms with E-state index >= 15 is 0 Å². The number of nitrogens with zero attached hydrogens (tertiary/aromatic N) is 2. The molecule has 136 valence electrons. The number of ether oxygens (including phenoxy) is 1. The molecule has 2 N–H and O–H groups in total. The number of rotatable bonds is 6. The van der Waals surface area contributed by atoms with Crippen molar-refractivity contribution in [1.82, 2.24) is 15.1 Å². The lowest BCUT2D eigenvalue weighted by molar-refractivity contribution is 0.0843. The van der Waals surface area contributed by atoms with E-state index in [4.69, 9.17) is 4.74 Å². The van der Waals surface area contributed by atoms with Crippen molar-refractivity contribution >= 4 is 5.91 Å². The van der Waals surface area contributed by atoms with Crippen LogP contribution in [0.1, 0.15) is 42.4 Å². The minimum Gasteiger partial charge on any atom is -0.491 e. The maximum absolute atomic E-state index is 12.1. The minimum absolute atomic E-state index is 0.0900. The second-order valence-corrected chi connectivity index (χ2v) is 7.22. The predicted octanol–water partition coefficient (Wildman–Crippen LogP) is 2.20. The van der Waals surface area contributed by atoms with Crippen LogP contribution in [-0.2, 0) is 12.5 Å². The number of carbonyl (C=O) groups excluding carboxylic acids is 1. The first kappa shape index (κ1) is 19.0. The Hall–Kier alpha value is -2.34. The van der Waals surface area contributed by atoms with Crippen molar-refractivity contribution in [3.05, 3.63) is 47.3 Å². The van der Waals surface area contributed by atoms with Gasteiger partial charge in [0.1, 0.15) is 18.5 Å². The number of aliphatic hydroxyl groups is 1. The fourth-order valence-electron chi connectivity index (χ4n) is 2.33. The molecule has 2 aromatic rings. The average Bonchev–Trinajstić information content (AvgIpc) is 2.89. The molecule has 1 amide bonds. The van der Waals surface area contributed by atoms with E-state index in [1.165, 1.54) is 11.8 Å². The van der Waals surface area contributed by atoms with Gasteiger partial charge in [0, 0.05) is 19.3 Å². The summed E-state index contributed by atoms with van der Waals surface area (Å²) in [6.45, 7) is 8.51. The van der Waals surface area contributed by atoms with E-state index in [1.54, 1.807) is 11.7 Å². The number of hydrogen-bond donors (Lipinski definition) is 2. The Morgan fingerprint density at radius 1 is 1.32 bits per heavy atom. The van der Waals surface area contributed by atoms with Gasteiger partial charge in [-0.25, -0.2) is 0 Å². The van der Waals surface area contributed by atoms with Crippen LogP contribution in [0.4, 0.5) is 0 Å². The highest BCUT2D eigenvalue weighted by Gasteiger charge is 2.15. The molecule has 25 heavy (non-hydrogen) atoms. The standard InChI is InChI=1S/C19H27N3O3/c1-13-17(11-21-22(13)5)18(24)20-10-15(23)12-25-16-8-6-14(7-9-16)19(2,3)4/h6-9,11,15,23H,10,12H2,1-5H3,(H,20,24)/t15-/m1/s1. The average molecular weight is 345 g/mol. The van der Waals surface area contributed by atoms with Crippen LogP contribution in [0.25, 0.3) is 0 Å². The molecule has 6 nitrogen and oxygen atoms in total. The van der Waals surface area contributed by atoms with E-state index in [2.05, 4.69) is 31.2 Å². The Bertz CT molecular complexity index is 715. The molecule has 1 aromatic heterocycles. The highest BCUT2D eigenvalue weighted by molar-refractivity contribution is 5.95. The number of aryl methyl sites for hydroxylation is 1. The molecule has 1 atom stereocenters. The van der Waals surface area contributed by atoms with Crippen molar-refractivity contribution in [3.63, 3.8) is 0 Å². The molecule has 0 saturated carbocycles. The quantitative estimate of drug-likeness (QED) is 0.841. The molecule has 1 aromatic carbocycles. The van der Waals surface area contributed by atoms with Crippen molar-refractivity contribution in [2.75, 3.05) is 13.2 Å². The number of hydrogen-bond acceptors (Lipinski definition) is 4. The van der Waals surface area contributed by atoms with E-state index in [0.29, 0.717) is 11.3 Å². The summed E-state index contributed by atoms with van der Waals surface area (Å²) in [5, 5.41) is 16.7. The molecule has 1 heterocycles. The largest absolute Gasteiger partial charge is 0.491 e. The van der Waals surface area contributed by atoms with Crippen LogP contribution < -0.4 is 10.1 Å². The third kappa shape index (κ3) is 5.06. The summed E-state index contributed by atoms with van der Waals surface area (Å²) in [5.74, 6) is 0.445. The number of nitrogens with one attached hydrogen (secondary N) is 1. The second kappa shape index (κ2) is 7.70. The molecule has 0 aliphatic heterocycles. The molecule has 0 unspecified atom stereocenters. The zero-order valence-corrected chi connectivity index (χ0v) is 15.5. The number of amides is 1. The zero-order valence-electron chi connectivity index (χ0n) is 15.5. The molecule has 0 aliphatic rings. The van der Waals surface area contributed by atoms with Crippen LogP contribution in [0, 0.1) is 6.92 Å². The molecular weight excluding hydrogens is 318 g/mol. The molecule has 2 rings (SSSR count). The van der Waals surface area contributed by atoms with Crippen molar-refractivity contribution in [2.45, 2.75) is 39.2 Å². The lowest BCUT2D eigenvalue weighted by Gasteiger charge is -2.19. The fraction of sp³-hybridized carbons (Fsp3) is 0.474. The van der Waals surface area contributed by atoms with Crippen molar-refractivity contribution < 1.29 is 14.6 Å². The first-order chi connectivity index (χ1) is 11.7. The number of carbonyl (C=O) groups is 1. The maximum Gasteiger partial charge on any atom is 0.254 e. The molecule has 0 fully saturated rings. The summed E-state index contributed by atoms with van der Waals surface area (Å²) in [5.41, 5.74) is 2.60. The third-order valence-corrected chi connectivity index (χ3v) is 4.14. The Balaban J connectivity index is 1.80. The molecular formula is C19H27N3O3. The van der Waals surface area contributed by atoms with Crippen LogP contribution in [-0.4, -0.2) is 40.0 Å². The molecule has 0 spiro atoms. The topological polar surface area (TPSA) is 76.4 Å². The van der Waals surface area contributed by atoms with E-state index in [0.717, 1.165) is 5.69 Å². The molecule has 0 radical (unpaired) electrons. The summed E-state index contributed by atoms with van der Waals surface area (Å²) in [6.07, 6.45) is 0.729. The monoisotopic (exact) mass is 345 g/mol. The molecule has 0 bridgehead atoms. The van der Waals surface area contributed by atoms with Crippen molar-refractivity contribution in [3.8, 4) is 5.75 Å². The fourth-order valence-corrected chi connectivity index (χ4v) is 2.33. The van der Waals surface area contributed by atoms with Crippen molar-refractivity contribution in [1.29, 1.82) is 0 Å². The second-order valence-electron chi connectivity index (χ2n) is 7.22. The Kier molecular flexibility index (Phi) is 5.85. The van der Waals surface area contributed by atoms with Gasteiger partial charge in [-0.1, -0.05) is 32.9 Å². The maximum atomic E-state index is 12.1. The molecule has 6 heteroatoms. The van der Waals surface area contributed by atoms with Crippen LogP contribution in [0.3, 0.4) is 0 Å². The zero-order chi connectivity index (χ0) is 18.6. The lowest BCUT2D eigenvalue weighted by Crippen LogP contribution is -2.35. The van der Waals surface area contributed by atoms with E-state index < -0.39 is 6.10 Å². The number of aromatic nitrogens is 2. The normalized spacial score (nSPS) is 12.7. The summed E-state index contributed by atoms with van der Waals surface area (Å²) in [4.78, 5) is 12.1. The van der Waals surface area contributed by atoms with Gasteiger partial charge in [0.15, 0.2) is 0 Å². The van der Waals surface area contributed by atoms with Gasteiger partial charge in [-0.2, -0.15) is 5.10 Å². The molecule has 0 aliphatic carbocycles. The van der Waals surface area contributed by atoms with Crippen LogP contribution in [0.5, 0.6) is 5.75 Å². The Morgan fingerprint density at radius 3 is 2.48 bits per heavy atom. The Morgan fingerprint density at radius 2 is 1.96 bits per heavy atom. The van der Waals surface area contributed by atoms with Gasteiger partial charge in [-0.15, -0.1) is 0 Å². The van der Waals surface area contributed by atoms with Gasteiger partial charge >= 0.3 is 0 Å². The highest BCUT2D eigenvalue weighted by atomic mass is 16.5. The summed E-state index contributed by atoms with van der Waals surface area (Å²) < 4.78 is 7.22. The van der Waals surface area contributed by atoms with Gasteiger partial charge in [0.25, 0.3) is 5.91 Å². The van der Waals surface area contributed by atoms with Crippen LogP contribution >= 0.6 is 0 Å². The summed E-state index contributed by atoms with van der Waals surface area (Å²) in [7, 11) is 1.78. The number of aliphatic hydroxyl groups excluding tert-OH is 1.